The van der Waals surface area contributed by atoms with E-state index < -0.39 is 5.82 Å². The molecule has 1 atom stereocenters. The number of halogens is 1. The van der Waals surface area contributed by atoms with Gasteiger partial charge in [-0.3, -0.25) is 19.2 Å². The molecule has 1 aliphatic heterocycles. The summed E-state index contributed by atoms with van der Waals surface area (Å²) in [6.07, 6.45) is 6.76. The van der Waals surface area contributed by atoms with Crippen molar-refractivity contribution >= 4 is 29.4 Å². The van der Waals surface area contributed by atoms with Crippen LogP contribution < -0.4 is 10.2 Å². The number of nitrogens with one attached hydrogen (secondary N) is 1. The van der Waals surface area contributed by atoms with Crippen molar-refractivity contribution in [2.24, 2.45) is 0 Å². The normalized spacial score (nSPS) is 16.0. The lowest BCUT2D eigenvalue weighted by Gasteiger charge is -2.23. The van der Waals surface area contributed by atoms with E-state index in [1.807, 2.05) is 23.0 Å². The summed E-state index contributed by atoms with van der Waals surface area (Å²) in [6, 6.07) is 11.6. The first-order chi connectivity index (χ1) is 15.1. The fourth-order valence-electron chi connectivity index (χ4n) is 3.41. The molecule has 1 aromatic carbocycles. The van der Waals surface area contributed by atoms with Crippen molar-refractivity contribution in [3.8, 4) is 0 Å². The molecule has 4 rings (SSSR count). The highest BCUT2D eigenvalue weighted by molar-refractivity contribution is 8.00. The number of carbonyl (C=O) groups is 2. The van der Waals surface area contributed by atoms with E-state index in [1.165, 1.54) is 35.0 Å². The van der Waals surface area contributed by atoms with Crippen LogP contribution in [0.25, 0.3) is 0 Å². The number of benzene rings is 1. The highest BCUT2D eigenvalue weighted by atomic mass is 32.2. The minimum Gasteiger partial charge on any atom is -0.352 e. The quantitative estimate of drug-likeness (QED) is 0.544. The molecular formula is C22H22FN5O2S. The first-order valence-corrected chi connectivity index (χ1v) is 11.1. The summed E-state index contributed by atoms with van der Waals surface area (Å²) in [4.78, 5) is 30.7. The number of unbranched alkanes of at least 4 members (excludes halogenated alkanes) is 1. The summed E-state index contributed by atoms with van der Waals surface area (Å²) in [5.74, 6) is -0.206. The van der Waals surface area contributed by atoms with Gasteiger partial charge in [-0.1, -0.05) is 12.1 Å². The van der Waals surface area contributed by atoms with E-state index in [9.17, 15) is 14.0 Å². The molecule has 0 spiro atoms. The van der Waals surface area contributed by atoms with Gasteiger partial charge in [-0.25, -0.2) is 9.37 Å². The molecule has 31 heavy (non-hydrogen) atoms. The molecule has 9 heteroatoms. The SMILES string of the molecule is O=C(NCCCCn1cccn1)c1cccc(C2SCC(=O)N2c2cc(F)ccn2)c1. The van der Waals surface area contributed by atoms with E-state index in [0.29, 0.717) is 12.1 Å². The molecular weight excluding hydrogens is 417 g/mol. The van der Waals surface area contributed by atoms with Gasteiger partial charge in [0.05, 0.1) is 5.75 Å². The Balaban J connectivity index is 1.39. The van der Waals surface area contributed by atoms with Gasteiger partial charge in [0.25, 0.3) is 5.91 Å². The Bertz CT molecular complexity index is 1060. The maximum atomic E-state index is 13.7. The molecule has 7 nitrogen and oxygen atoms in total. The minimum absolute atomic E-state index is 0.139. The third-order valence-corrected chi connectivity index (χ3v) is 6.13. The molecule has 1 N–H and O–H groups in total. The van der Waals surface area contributed by atoms with E-state index in [-0.39, 0.29) is 28.8 Å². The maximum absolute atomic E-state index is 13.7. The Morgan fingerprint density at radius 2 is 2.10 bits per heavy atom. The number of hydrogen-bond acceptors (Lipinski definition) is 5. The summed E-state index contributed by atoms with van der Waals surface area (Å²) in [6.45, 7) is 1.38. The Labute approximate surface area is 183 Å². The van der Waals surface area contributed by atoms with E-state index >= 15 is 0 Å². The van der Waals surface area contributed by atoms with Gasteiger partial charge in [-0.2, -0.15) is 5.10 Å². The first-order valence-electron chi connectivity index (χ1n) is 10.0. The van der Waals surface area contributed by atoms with Crippen LogP contribution in [0.15, 0.2) is 61.1 Å². The molecule has 0 aliphatic carbocycles. The number of anilines is 1. The van der Waals surface area contributed by atoms with Crippen LogP contribution in [-0.2, 0) is 11.3 Å². The lowest BCUT2D eigenvalue weighted by molar-refractivity contribution is -0.115. The van der Waals surface area contributed by atoms with Crippen LogP contribution in [0.5, 0.6) is 0 Å². The largest absolute Gasteiger partial charge is 0.352 e. The van der Waals surface area contributed by atoms with Crippen LogP contribution in [-0.4, -0.2) is 38.9 Å². The number of amides is 2. The van der Waals surface area contributed by atoms with Crippen molar-refractivity contribution in [3.05, 3.63) is 78.0 Å². The van der Waals surface area contributed by atoms with Crippen molar-refractivity contribution < 1.29 is 14.0 Å². The average molecular weight is 440 g/mol. The second-order valence-corrected chi connectivity index (χ2v) is 8.19. The predicted molar refractivity (Wildman–Crippen MR) is 117 cm³/mol. The van der Waals surface area contributed by atoms with Crippen molar-refractivity contribution in [3.63, 3.8) is 0 Å². The number of thioether (sulfide) groups is 1. The summed E-state index contributed by atoms with van der Waals surface area (Å²) in [5.41, 5.74) is 1.32. The molecule has 0 radical (unpaired) electrons. The second-order valence-electron chi connectivity index (χ2n) is 7.12. The van der Waals surface area contributed by atoms with Crippen molar-refractivity contribution in [2.45, 2.75) is 24.8 Å². The van der Waals surface area contributed by atoms with E-state index in [1.54, 1.807) is 24.4 Å². The highest BCUT2D eigenvalue weighted by Crippen LogP contribution is 2.41. The number of aromatic nitrogens is 3. The zero-order valence-electron chi connectivity index (χ0n) is 16.8. The predicted octanol–water partition coefficient (Wildman–Crippen LogP) is 3.41. The summed E-state index contributed by atoms with van der Waals surface area (Å²) in [5, 5.41) is 6.74. The molecule has 2 amide bonds. The topological polar surface area (TPSA) is 80.1 Å². The molecule has 160 valence electrons. The van der Waals surface area contributed by atoms with Gasteiger partial charge in [0.15, 0.2) is 0 Å². The number of nitrogens with zero attached hydrogens (tertiary/aromatic N) is 4. The summed E-state index contributed by atoms with van der Waals surface area (Å²) >= 11 is 1.43. The summed E-state index contributed by atoms with van der Waals surface area (Å²) < 4.78 is 15.5. The second kappa shape index (κ2) is 9.74. The molecule has 1 saturated heterocycles. The monoisotopic (exact) mass is 439 g/mol. The lowest BCUT2D eigenvalue weighted by Crippen LogP contribution is -2.29. The van der Waals surface area contributed by atoms with Gasteiger partial charge < -0.3 is 5.32 Å². The Morgan fingerprint density at radius 3 is 2.90 bits per heavy atom. The number of pyridine rings is 1. The number of rotatable bonds is 8. The number of aryl methyl sites for hydroxylation is 1. The standard InChI is InChI=1S/C22H22FN5O2S/c23-18-7-10-24-19(14-18)28-20(29)15-31-22(28)17-6-3-5-16(13-17)21(30)25-8-1-2-11-27-12-4-9-26-27/h3-7,9-10,12-14,22H,1-2,8,11,15H2,(H,25,30). The number of hydrogen-bond donors (Lipinski definition) is 1. The molecule has 1 fully saturated rings. The van der Waals surface area contributed by atoms with Crippen LogP contribution in [0.2, 0.25) is 0 Å². The maximum Gasteiger partial charge on any atom is 0.251 e. The van der Waals surface area contributed by atoms with Gasteiger partial charge in [0.2, 0.25) is 5.91 Å². The molecule has 0 bridgehead atoms. The van der Waals surface area contributed by atoms with Gasteiger partial charge in [0, 0.05) is 43.3 Å². The fraction of sp³-hybridized carbons (Fsp3) is 0.273. The molecule has 3 heterocycles. The fourth-order valence-corrected chi connectivity index (χ4v) is 4.57. The third kappa shape index (κ3) is 5.11. The van der Waals surface area contributed by atoms with Crippen LogP contribution in [0.1, 0.15) is 34.1 Å². The lowest BCUT2D eigenvalue weighted by atomic mass is 10.1. The van der Waals surface area contributed by atoms with Crippen LogP contribution in [0.3, 0.4) is 0 Å². The van der Waals surface area contributed by atoms with E-state index in [0.717, 1.165) is 24.9 Å². The van der Waals surface area contributed by atoms with Gasteiger partial charge in [-0.05, 0) is 42.7 Å². The highest BCUT2D eigenvalue weighted by Gasteiger charge is 2.35. The van der Waals surface area contributed by atoms with Gasteiger partial charge in [-0.15, -0.1) is 11.8 Å². The first kappa shape index (κ1) is 21.0. The Hall–Kier alpha value is -3.20. The van der Waals surface area contributed by atoms with Crippen LogP contribution in [0.4, 0.5) is 10.2 Å². The molecule has 0 saturated carbocycles. The molecule has 3 aromatic rings. The zero-order valence-corrected chi connectivity index (χ0v) is 17.6. The van der Waals surface area contributed by atoms with Crippen LogP contribution in [0, 0.1) is 5.82 Å². The number of carbonyl (C=O) groups excluding carboxylic acids is 2. The molecule has 1 unspecified atom stereocenters. The Morgan fingerprint density at radius 1 is 1.19 bits per heavy atom. The van der Waals surface area contributed by atoms with Gasteiger partial charge >= 0.3 is 0 Å². The summed E-state index contributed by atoms with van der Waals surface area (Å²) in [7, 11) is 0. The Kier molecular flexibility index (Phi) is 6.61. The van der Waals surface area contributed by atoms with E-state index in [4.69, 9.17) is 0 Å². The van der Waals surface area contributed by atoms with Crippen molar-refractivity contribution in [2.75, 3.05) is 17.2 Å². The average Bonchev–Trinajstić information content (AvgIpc) is 3.43. The minimum atomic E-state index is -0.450. The molecule has 2 aromatic heterocycles. The zero-order chi connectivity index (χ0) is 21.6. The van der Waals surface area contributed by atoms with E-state index in [2.05, 4.69) is 15.4 Å². The molecule has 1 aliphatic rings. The van der Waals surface area contributed by atoms with Crippen LogP contribution >= 0.6 is 11.8 Å². The smallest absolute Gasteiger partial charge is 0.251 e. The van der Waals surface area contributed by atoms with Crippen molar-refractivity contribution in [1.82, 2.24) is 20.1 Å². The third-order valence-electron chi connectivity index (χ3n) is 4.91. The van der Waals surface area contributed by atoms with Crippen molar-refractivity contribution in [1.29, 1.82) is 0 Å². The van der Waals surface area contributed by atoms with Gasteiger partial charge in [0.1, 0.15) is 17.0 Å².